The highest BCUT2D eigenvalue weighted by atomic mass is 32.2. The van der Waals surface area contributed by atoms with Crippen molar-refractivity contribution in [1.82, 2.24) is 0 Å². The molecule has 2 N–H and O–H groups in total. The molecule has 0 unspecified atom stereocenters. The minimum absolute atomic E-state index is 0.0219. The molecule has 0 bridgehead atoms. The molecule has 2 rings (SSSR count). The van der Waals surface area contributed by atoms with Crippen LogP contribution in [0.15, 0.2) is 29.2 Å². The highest BCUT2D eigenvalue weighted by molar-refractivity contribution is 7.86. The second-order valence-corrected chi connectivity index (χ2v) is 6.50. The molecule has 1 aromatic rings. The molecule has 1 heterocycles. The van der Waals surface area contributed by atoms with Crippen molar-refractivity contribution in [1.29, 1.82) is 0 Å². The largest absolute Gasteiger partial charge is 0.390 e. The van der Waals surface area contributed by atoms with Gasteiger partial charge in [0.2, 0.25) is 0 Å². The number of hydrogen-bond acceptors (Lipinski definition) is 6. The molecular weight excluding hydrogens is 284 g/mol. The van der Waals surface area contributed by atoms with E-state index in [1.54, 1.807) is 19.1 Å². The van der Waals surface area contributed by atoms with E-state index in [0.29, 0.717) is 0 Å². The molecule has 0 aromatic heterocycles. The fourth-order valence-electron chi connectivity index (χ4n) is 2.08. The number of aliphatic hydroxyl groups excluding tert-OH is 2. The predicted octanol–water partition coefficient (Wildman–Crippen LogP) is 0.557. The summed E-state index contributed by atoms with van der Waals surface area (Å²) in [5.41, 5.74) is 0.932. The topological polar surface area (TPSA) is 93.1 Å². The smallest absolute Gasteiger partial charge is 0.297 e. The summed E-state index contributed by atoms with van der Waals surface area (Å²) < 4.78 is 34.4. The number of aryl methyl sites for hydroxylation is 1. The maximum Gasteiger partial charge on any atom is 0.297 e. The maximum absolute atomic E-state index is 12.1. The second-order valence-electron chi connectivity index (χ2n) is 4.93. The normalized spacial score (nSPS) is 31.2. The monoisotopic (exact) mass is 302 g/mol. The molecule has 7 heteroatoms. The van der Waals surface area contributed by atoms with Gasteiger partial charge < -0.3 is 14.9 Å². The Morgan fingerprint density at radius 1 is 1.25 bits per heavy atom. The van der Waals surface area contributed by atoms with Crippen LogP contribution in [0.5, 0.6) is 0 Å². The molecule has 0 aliphatic carbocycles. The second kappa shape index (κ2) is 5.79. The summed E-state index contributed by atoms with van der Waals surface area (Å²) in [5.74, 6) is 0. The lowest BCUT2D eigenvalue weighted by atomic mass is 10.0. The van der Waals surface area contributed by atoms with Crippen LogP contribution in [-0.2, 0) is 19.0 Å². The van der Waals surface area contributed by atoms with Crippen LogP contribution in [0.2, 0.25) is 0 Å². The van der Waals surface area contributed by atoms with Gasteiger partial charge in [0.15, 0.2) is 6.29 Å². The summed E-state index contributed by atoms with van der Waals surface area (Å²) in [7, 11) is -3.98. The molecule has 4 atom stereocenters. The quantitative estimate of drug-likeness (QED) is 0.792. The van der Waals surface area contributed by atoms with Crippen molar-refractivity contribution < 1.29 is 27.6 Å². The van der Waals surface area contributed by atoms with Crippen LogP contribution in [0.25, 0.3) is 0 Å². The molecule has 1 saturated heterocycles. The van der Waals surface area contributed by atoms with Gasteiger partial charge in [-0.1, -0.05) is 17.7 Å². The first kappa shape index (κ1) is 15.4. The third kappa shape index (κ3) is 3.36. The van der Waals surface area contributed by atoms with Gasteiger partial charge in [-0.25, -0.2) is 0 Å². The fraction of sp³-hybridized carbons (Fsp3) is 0.538. The first-order chi connectivity index (χ1) is 9.29. The summed E-state index contributed by atoms with van der Waals surface area (Å²) in [6.45, 7) is 3.39. The van der Waals surface area contributed by atoms with Crippen LogP contribution in [-0.4, -0.2) is 43.2 Å². The van der Waals surface area contributed by atoms with E-state index in [1.807, 2.05) is 6.92 Å². The Morgan fingerprint density at radius 3 is 2.40 bits per heavy atom. The summed E-state index contributed by atoms with van der Waals surface area (Å²) in [5, 5.41) is 19.2. The van der Waals surface area contributed by atoms with E-state index in [1.165, 1.54) is 12.1 Å². The Balaban J connectivity index is 2.17. The summed E-state index contributed by atoms with van der Waals surface area (Å²) in [6.07, 6.45) is -4.06. The van der Waals surface area contributed by atoms with E-state index >= 15 is 0 Å². The average molecular weight is 302 g/mol. The lowest BCUT2D eigenvalue weighted by molar-refractivity contribution is -0.220. The Morgan fingerprint density at radius 2 is 1.85 bits per heavy atom. The molecule has 112 valence electrons. The summed E-state index contributed by atoms with van der Waals surface area (Å²) >= 11 is 0. The van der Waals surface area contributed by atoms with Crippen molar-refractivity contribution in [3.8, 4) is 0 Å². The third-order valence-electron chi connectivity index (χ3n) is 3.20. The van der Waals surface area contributed by atoms with Gasteiger partial charge in [0.05, 0.1) is 17.1 Å². The van der Waals surface area contributed by atoms with Gasteiger partial charge in [-0.05, 0) is 26.0 Å². The SMILES string of the molecule is Cc1ccc(S(=O)(=O)O[C@H]2[C@H](C)O[C@@H](O)C[C@@H]2O)cc1. The van der Waals surface area contributed by atoms with E-state index in [9.17, 15) is 18.6 Å². The highest BCUT2D eigenvalue weighted by Gasteiger charge is 2.38. The van der Waals surface area contributed by atoms with E-state index < -0.39 is 34.7 Å². The Labute approximate surface area is 118 Å². The van der Waals surface area contributed by atoms with Crippen LogP contribution < -0.4 is 0 Å². The maximum atomic E-state index is 12.1. The number of aliphatic hydroxyl groups is 2. The molecule has 0 saturated carbocycles. The third-order valence-corrected chi connectivity index (χ3v) is 4.53. The Hall–Kier alpha value is -0.990. The van der Waals surface area contributed by atoms with Crippen LogP contribution in [0.4, 0.5) is 0 Å². The van der Waals surface area contributed by atoms with Gasteiger partial charge in [-0.15, -0.1) is 0 Å². The van der Waals surface area contributed by atoms with Crippen molar-refractivity contribution in [2.75, 3.05) is 0 Å². The standard InChI is InChI=1S/C13H18O6S/c1-8-3-5-10(6-4-8)20(16,17)19-13-9(2)18-12(15)7-11(13)14/h3-6,9,11-15H,7H2,1-2H3/t9-,11-,12+,13-/m0/s1. The van der Waals surface area contributed by atoms with E-state index in [2.05, 4.69) is 0 Å². The zero-order chi connectivity index (χ0) is 14.9. The molecule has 0 spiro atoms. The lowest BCUT2D eigenvalue weighted by Gasteiger charge is -2.35. The number of hydrogen-bond donors (Lipinski definition) is 2. The Bertz CT molecular complexity index is 541. The predicted molar refractivity (Wildman–Crippen MR) is 70.4 cm³/mol. The minimum Gasteiger partial charge on any atom is -0.390 e. The average Bonchev–Trinajstić information content (AvgIpc) is 2.34. The lowest BCUT2D eigenvalue weighted by Crippen LogP contribution is -2.49. The first-order valence-electron chi connectivity index (χ1n) is 6.31. The van der Waals surface area contributed by atoms with Gasteiger partial charge in [0.1, 0.15) is 6.10 Å². The summed E-state index contributed by atoms with van der Waals surface area (Å²) in [6, 6.07) is 6.22. The number of rotatable bonds is 3. The zero-order valence-electron chi connectivity index (χ0n) is 11.3. The van der Waals surface area contributed by atoms with Crippen LogP contribution in [0.1, 0.15) is 18.9 Å². The zero-order valence-corrected chi connectivity index (χ0v) is 12.1. The van der Waals surface area contributed by atoms with Crippen LogP contribution >= 0.6 is 0 Å². The van der Waals surface area contributed by atoms with Crippen molar-refractivity contribution in [2.24, 2.45) is 0 Å². The van der Waals surface area contributed by atoms with Gasteiger partial charge in [0, 0.05) is 6.42 Å². The highest BCUT2D eigenvalue weighted by Crippen LogP contribution is 2.25. The van der Waals surface area contributed by atoms with Gasteiger partial charge >= 0.3 is 0 Å². The first-order valence-corrected chi connectivity index (χ1v) is 7.72. The molecule has 1 aliphatic rings. The van der Waals surface area contributed by atoms with Crippen molar-refractivity contribution in [3.05, 3.63) is 29.8 Å². The molecule has 6 nitrogen and oxygen atoms in total. The van der Waals surface area contributed by atoms with Crippen LogP contribution in [0, 0.1) is 6.92 Å². The van der Waals surface area contributed by atoms with Gasteiger partial charge in [-0.2, -0.15) is 8.42 Å². The number of ether oxygens (including phenoxy) is 1. The van der Waals surface area contributed by atoms with Crippen molar-refractivity contribution in [2.45, 2.75) is 49.8 Å². The Kier molecular flexibility index (Phi) is 4.46. The van der Waals surface area contributed by atoms with Gasteiger partial charge in [-0.3, -0.25) is 4.18 Å². The van der Waals surface area contributed by atoms with E-state index in [4.69, 9.17) is 8.92 Å². The summed E-state index contributed by atoms with van der Waals surface area (Å²) in [4.78, 5) is 0.0219. The molecular formula is C13H18O6S. The van der Waals surface area contributed by atoms with Crippen molar-refractivity contribution in [3.63, 3.8) is 0 Å². The number of benzene rings is 1. The molecule has 20 heavy (non-hydrogen) atoms. The van der Waals surface area contributed by atoms with Crippen LogP contribution in [0.3, 0.4) is 0 Å². The van der Waals surface area contributed by atoms with Gasteiger partial charge in [0.25, 0.3) is 10.1 Å². The minimum atomic E-state index is -3.98. The van der Waals surface area contributed by atoms with E-state index in [0.717, 1.165) is 5.56 Å². The molecule has 1 fully saturated rings. The molecule has 0 amide bonds. The fourth-order valence-corrected chi connectivity index (χ4v) is 3.24. The molecule has 1 aromatic carbocycles. The van der Waals surface area contributed by atoms with Crippen molar-refractivity contribution >= 4 is 10.1 Å². The van der Waals surface area contributed by atoms with E-state index in [-0.39, 0.29) is 11.3 Å². The molecule has 0 radical (unpaired) electrons. The molecule has 1 aliphatic heterocycles.